The first-order valence-electron chi connectivity index (χ1n) is 7.33. The molecule has 0 atom stereocenters. The van der Waals surface area contributed by atoms with Crippen molar-refractivity contribution in [3.63, 3.8) is 0 Å². The highest BCUT2D eigenvalue weighted by Crippen LogP contribution is 2.36. The van der Waals surface area contributed by atoms with Crippen molar-refractivity contribution < 1.29 is 9.47 Å². The van der Waals surface area contributed by atoms with E-state index in [-0.39, 0.29) is 5.95 Å². The summed E-state index contributed by atoms with van der Waals surface area (Å²) in [6.07, 6.45) is 1.62. The first kappa shape index (κ1) is 16.9. The van der Waals surface area contributed by atoms with Gasteiger partial charge in [0, 0.05) is 0 Å². The number of hydrogen-bond acceptors (Lipinski definition) is 7. The maximum Gasteiger partial charge on any atom is 0.283 e. The van der Waals surface area contributed by atoms with Crippen LogP contribution in [-0.4, -0.2) is 33.9 Å². The van der Waals surface area contributed by atoms with E-state index in [2.05, 4.69) is 47.1 Å². The third-order valence-electron chi connectivity index (χ3n) is 3.20. The van der Waals surface area contributed by atoms with Crippen LogP contribution >= 0.6 is 15.9 Å². The van der Waals surface area contributed by atoms with E-state index >= 15 is 0 Å². The van der Waals surface area contributed by atoms with Crippen molar-refractivity contribution in [2.45, 2.75) is 6.61 Å². The number of hydrazone groups is 1. The molecule has 0 spiro atoms. The van der Waals surface area contributed by atoms with Crippen molar-refractivity contribution in [2.24, 2.45) is 5.10 Å². The smallest absolute Gasteiger partial charge is 0.283 e. The van der Waals surface area contributed by atoms with Crippen LogP contribution in [0.2, 0.25) is 0 Å². The van der Waals surface area contributed by atoms with Gasteiger partial charge in [0.25, 0.3) is 5.95 Å². The zero-order chi connectivity index (χ0) is 17.5. The zero-order valence-corrected chi connectivity index (χ0v) is 14.9. The molecule has 1 heterocycles. The van der Waals surface area contributed by atoms with Crippen molar-refractivity contribution >= 4 is 28.1 Å². The van der Waals surface area contributed by atoms with E-state index in [9.17, 15) is 0 Å². The first-order chi connectivity index (χ1) is 12.3. The van der Waals surface area contributed by atoms with Gasteiger partial charge in [0.2, 0.25) is 0 Å². The number of halogens is 1. The summed E-state index contributed by atoms with van der Waals surface area (Å²) in [5.41, 5.74) is 4.54. The van der Waals surface area contributed by atoms with Crippen LogP contribution < -0.4 is 14.9 Å². The molecule has 8 nitrogen and oxygen atoms in total. The van der Waals surface area contributed by atoms with E-state index in [1.807, 2.05) is 42.5 Å². The van der Waals surface area contributed by atoms with Crippen LogP contribution in [0.15, 0.2) is 52.0 Å². The molecular weight excluding hydrogens is 388 g/mol. The van der Waals surface area contributed by atoms with E-state index in [1.54, 1.807) is 13.3 Å². The summed E-state index contributed by atoms with van der Waals surface area (Å²) in [4.78, 5) is 0. The lowest BCUT2D eigenvalue weighted by Crippen LogP contribution is -2.00. The molecule has 9 heteroatoms. The van der Waals surface area contributed by atoms with Crippen LogP contribution in [-0.2, 0) is 6.61 Å². The van der Waals surface area contributed by atoms with Crippen molar-refractivity contribution in [1.82, 2.24) is 20.6 Å². The summed E-state index contributed by atoms with van der Waals surface area (Å²) in [5, 5.41) is 17.3. The Labute approximate surface area is 152 Å². The minimum absolute atomic E-state index is 0.282. The fourth-order valence-electron chi connectivity index (χ4n) is 2.06. The Morgan fingerprint density at radius 2 is 2.12 bits per heavy atom. The topological polar surface area (TPSA) is 97.3 Å². The maximum absolute atomic E-state index is 5.90. The fraction of sp³-hybridized carbons (Fsp3) is 0.125. The minimum Gasteiger partial charge on any atom is -0.493 e. The largest absolute Gasteiger partial charge is 0.493 e. The average Bonchev–Trinajstić information content (AvgIpc) is 3.15. The van der Waals surface area contributed by atoms with E-state index in [1.165, 1.54) is 0 Å². The number of ether oxygens (including phenoxy) is 2. The summed E-state index contributed by atoms with van der Waals surface area (Å²) in [7, 11) is 1.59. The van der Waals surface area contributed by atoms with E-state index in [4.69, 9.17) is 9.47 Å². The molecular formula is C16H15BrN6O2. The molecule has 0 aliphatic heterocycles. The molecule has 0 amide bonds. The monoisotopic (exact) mass is 402 g/mol. The van der Waals surface area contributed by atoms with Crippen LogP contribution in [0.5, 0.6) is 11.5 Å². The third kappa shape index (κ3) is 4.54. The molecule has 25 heavy (non-hydrogen) atoms. The van der Waals surface area contributed by atoms with Gasteiger partial charge < -0.3 is 9.47 Å². The van der Waals surface area contributed by atoms with Gasteiger partial charge in [-0.15, -0.1) is 5.10 Å². The van der Waals surface area contributed by atoms with Crippen LogP contribution in [0.4, 0.5) is 5.95 Å². The van der Waals surface area contributed by atoms with Gasteiger partial charge in [0.15, 0.2) is 11.5 Å². The van der Waals surface area contributed by atoms with Gasteiger partial charge in [0.1, 0.15) is 6.61 Å². The van der Waals surface area contributed by atoms with Crippen LogP contribution in [0.3, 0.4) is 0 Å². The number of aromatic amines is 1. The van der Waals surface area contributed by atoms with Gasteiger partial charge in [0.05, 0.1) is 17.8 Å². The van der Waals surface area contributed by atoms with E-state index in [0.29, 0.717) is 18.1 Å². The second-order valence-electron chi connectivity index (χ2n) is 4.91. The lowest BCUT2D eigenvalue weighted by molar-refractivity contribution is 0.282. The Morgan fingerprint density at radius 3 is 2.84 bits per heavy atom. The molecule has 0 fully saturated rings. The highest BCUT2D eigenvalue weighted by molar-refractivity contribution is 9.10. The number of H-pyrrole nitrogens is 1. The van der Waals surface area contributed by atoms with Gasteiger partial charge in [-0.25, -0.2) is 5.43 Å². The second kappa shape index (κ2) is 8.25. The minimum atomic E-state index is 0.282. The van der Waals surface area contributed by atoms with Gasteiger partial charge in [-0.05, 0) is 44.4 Å². The molecule has 0 bridgehead atoms. The molecule has 2 N–H and O–H groups in total. The quantitative estimate of drug-likeness (QED) is 0.465. The molecule has 128 valence electrons. The Bertz CT molecular complexity index is 839. The lowest BCUT2D eigenvalue weighted by Gasteiger charge is -2.13. The molecule has 3 rings (SSSR count). The Balaban J connectivity index is 1.72. The average molecular weight is 403 g/mol. The number of methoxy groups -OCH3 is 1. The van der Waals surface area contributed by atoms with Crippen molar-refractivity contribution in [3.8, 4) is 11.5 Å². The molecule has 3 aromatic rings. The molecule has 0 radical (unpaired) electrons. The maximum atomic E-state index is 5.90. The number of nitrogens with one attached hydrogen (secondary N) is 2. The van der Waals surface area contributed by atoms with Crippen molar-refractivity contribution in [2.75, 3.05) is 12.5 Å². The Kier molecular flexibility index (Phi) is 5.57. The highest BCUT2D eigenvalue weighted by Gasteiger charge is 2.11. The van der Waals surface area contributed by atoms with Crippen LogP contribution in [0, 0.1) is 0 Å². The summed E-state index contributed by atoms with van der Waals surface area (Å²) in [6, 6.07) is 13.6. The number of nitrogens with zero attached hydrogens (tertiary/aromatic N) is 4. The standard InChI is InChI=1S/C16H15BrN6O2/c1-24-14-8-12(9-18-19-16-20-22-23-21-16)7-13(17)15(14)25-10-11-5-3-2-4-6-11/h2-9H,10H2,1H3,(H2,19,20,21,22,23)/b18-9-. The molecule has 0 unspecified atom stereocenters. The predicted octanol–water partition coefficient (Wildman–Crippen LogP) is 3.00. The number of tetrazole rings is 1. The molecule has 0 saturated carbocycles. The van der Waals surface area contributed by atoms with Crippen molar-refractivity contribution in [3.05, 3.63) is 58.1 Å². The van der Waals surface area contributed by atoms with E-state index in [0.717, 1.165) is 15.6 Å². The van der Waals surface area contributed by atoms with Crippen LogP contribution in [0.25, 0.3) is 0 Å². The summed E-state index contributed by atoms with van der Waals surface area (Å²) < 4.78 is 12.1. The summed E-state index contributed by atoms with van der Waals surface area (Å²) in [5.74, 6) is 1.52. The van der Waals surface area contributed by atoms with Crippen LogP contribution in [0.1, 0.15) is 11.1 Å². The number of rotatable bonds is 7. The van der Waals surface area contributed by atoms with Gasteiger partial charge in [-0.3, -0.25) is 0 Å². The number of aromatic nitrogens is 4. The first-order valence-corrected chi connectivity index (χ1v) is 8.12. The van der Waals surface area contributed by atoms with Gasteiger partial charge >= 0.3 is 0 Å². The van der Waals surface area contributed by atoms with Crippen molar-refractivity contribution in [1.29, 1.82) is 0 Å². The predicted molar refractivity (Wildman–Crippen MR) is 96.9 cm³/mol. The Hall–Kier alpha value is -2.94. The van der Waals surface area contributed by atoms with Gasteiger partial charge in [-0.1, -0.05) is 35.4 Å². The molecule has 2 aromatic carbocycles. The van der Waals surface area contributed by atoms with Gasteiger partial charge in [-0.2, -0.15) is 10.3 Å². The second-order valence-corrected chi connectivity index (χ2v) is 5.77. The number of anilines is 1. The lowest BCUT2D eigenvalue weighted by atomic mass is 10.2. The Morgan fingerprint density at radius 1 is 1.28 bits per heavy atom. The highest BCUT2D eigenvalue weighted by atomic mass is 79.9. The number of benzene rings is 2. The number of hydrogen-bond donors (Lipinski definition) is 2. The summed E-state index contributed by atoms with van der Waals surface area (Å²) in [6.45, 7) is 0.447. The zero-order valence-electron chi connectivity index (χ0n) is 13.3. The third-order valence-corrected chi connectivity index (χ3v) is 3.79. The SMILES string of the molecule is COc1cc(/C=N\Nc2nn[nH]n2)cc(Br)c1OCc1ccccc1. The fourth-order valence-corrected chi connectivity index (χ4v) is 2.63. The molecule has 0 saturated heterocycles. The normalized spacial score (nSPS) is 10.8. The molecule has 0 aliphatic carbocycles. The molecule has 0 aliphatic rings. The van der Waals surface area contributed by atoms with E-state index < -0.39 is 0 Å². The summed E-state index contributed by atoms with van der Waals surface area (Å²) >= 11 is 3.52. The molecule has 1 aromatic heterocycles.